The van der Waals surface area contributed by atoms with Crippen molar-refractivity contribution in [3.63, 3.8) is 0 Å². The molecule has 1 aromatic heterocycles. The van der Waals surface area contributed by atoms with Crippen molar-refractivity contribution in [1.82, 2.24) is 0 Å². The second-order valence-corrected chi connectivity index (χ2v) is 25.5. The Kier molecular flexibility index (Phi) is 9.66. The molecule has 6 aromatic rings. The summed E-state index contributed by atoms with van der Waals surface area (Å²) >= 11 is 0. The van der Waals surface area contributed by atoms with Crippen LogP contribution in [0.25, 0.3) is 11.1 Å². The summed E-state index contributed by atoms with van der Waals surface area (Å²) in [4.78, 5) is 5.32. The van der Waals surface area contributed by atoms with Crippen LogP contribution in [0.15, 0.2) is 89.3 Å². The van der Waals surface area contributed by atoms with Gasteiger partial charge in [-0.1, -0.05) is 139 Å². The molecule has 0 saturated carbocycles. The third-order valence-electron chi connectivity index (χ3n) is 18.2. The molecule has 2 aliphatic heterocycles. The van der Waals surface area contributed by atoms with Gasteiger partial charge in [-0.2, -0.15) is 0 Å². The Morgan fingerprint density at radius 1 is 0.493 bits per heavy atom. The van der Waals surface area contributed by atoms with E-state index in [1.165, 1.54) is 125 Å². The second kappa shape index (κ2) is 14.5. The highest BCUT2D eigenvalue weighted by Crippen LogP contribution is 2.57. The Bertz CT molecular complexity index is 3030. The molecule has 0 N–H and O–H groups in total. The minimum atomic E-state index is -0.114. The zero-order valence-electron chi connectivity index (χ0n) is 43.6. The number of hydrogen-bond donors (Lipinski definition) is 0. The lowest BCUT2D eigenvalue weighted by Crippen LogP contribution is -2.63. The van der Waals surface area contributed by atoms with Crippen LogP contribution in [-0.2, 0) is 45.3 Å². The molecule has 0 spiro atoms. The Hall–Kier alpha value is -4.96. The van der Waals surface area contributed by atoms with Gasteiger partial charge in [-0.05, 0) is 194 Å². The minimum absolute atomic E-state index is 0.00107. The molecule has 0 radical (unpaired) electrons. The van der Waals surface area contributed by atoms with E-state index < -0.39 is 0 Å². The summed E-state index contributed by atoms with van der Waals surface area (Å²) < 4.78 is 7.81. The Morgan fingerprint density at radius 3 is 1.66 bits per heavy atom. The van der Waals surface area contributed by atoms with E-state index in [1.807, 2.05) is 0 Å². The van der Waals surface area contributed by atoms with Crippen molar-refractivity contribution in [3.8, 4) is 11.1 Å². The van der Waals surface area contributed by atoms with Gasteiger partial charge in [-0.3, -0.25) is 4.90 Å². The summed E-state index contributed by atoms with van der Waals surface area (Å²) in [6.45, 7) is 36.6. The van der Waals surface area contributed by atoms with Crippen molar-refractivity contribution in [2.45, 2.75) is 188 Å². The zero-order chi connectivity index (χ0) is 47.5. The van der Waals surface area contributed by atoms with Crippen LogP contribution in [0.1, 0.15) is 186 Å². The van der Waals surface area contributed by atoms with Crippen LogP contribution in [-0.4, -0.2) is 6.71 Å². The first-order chi connectivity index (χ1) is 31.5. The molecular weight excluding hydrogens is 812 g/mol. The maximum Gasteiger partial charge on any atom is 0.256 e. The van der Waals surface area contributed by atoms with Gasteiger partial charge in [0.15, 0.2) is 5.88 Å². The number of anilines is 6. The van der Waals surface area contributed by atoms with Crippen molar-refractivity contribution in [2.75, 3.05) is 9.80 Å². The van der Waals surface area contributed by atoms with E-state index in [0.717, 1.165) is 38.0 Å². The SMILES string of the molecule is CCc1cc2c(cc1CC)N(c1ccc3c(c1)C(C)(C)CCC3(C)C)c1cc(C)cc3c1B2c1c(oc2c1C(C)(C)CCC2(C)C)N3c1cc2c(cc1-c1ccccc1)C(C)(C)CCC2(C)C. The first kappa shape index (κ1) is 44.5. The highest BCUT2D eigenvalue weighted by Gasteiger charge is 2.53. The molecule has 0 amide bonds. The van der Waals surface area contributed by atoms with Crippen LogP contribution in [0, 0.1) is 6.92 Å². The van der Waals surface area contributed by atoms with E-state index in [1.54, 1.807) is 0 Å². The molecule has 346 valence electrons. The molecule has 0 fully saturated rings. The van der Waals surface area contributed by atoms with E-state index in [0.29, 0.717) is 0 Å². The number of furan rings is 1. The molecule has 0 bridgehead atoms. The summed E-state index contributed by atoms with van der Waals surface area (Å²) in [5.41, 5.74) is 24.7. The fourth-order valence-electron chi connectivity index (χ4n) is 13.6. The first-order valence-corrected chi connectivity index (χ1v) is 26.0. The van der Waals surface area contributed by atoms with Crippen LogP contribution in [0.4, 0.5) is 34.3 Å². The smallest absolute Gasteiger partial charge is 0.256 e. The summed E-state index contributed by atoms with van der Waals surface area (Å²) in [5, 5.41) is 0. The maximum atomic E-state index is 7.81. The lowest BCUT2D eigenvalue weighted by molar-refractivity contribution is 0.280. The van der Waals surface area contributed by atoms with Crippen molar-refractivity contribution in [1.29, 1.82) is 0 Å². The standard InChI is InChI=1S/C63H75BN2O/c1-16-39-33-48-50(34-40(39)17-2)65(42-23-24-44-45(35-42)59(6,7)26-25-58(44,4)5)51-31-38(3)32-52-54(51)64(48)55-53-56(63(14,15)30-29-62(53,12)13)67-57(55)66(52)49-37-47-46(60(8,9)27-28-61(47,10)11)36-43(49)41-21-19-18-20-22-41/h18-24,31-37H,16-17,25-30H2,1-15H3. The molecule has 5 aromatic carbocycles. The summed E-state index contributed by atoms with van der Waals surface area (Å²) in [5.74, 6) is 2.19. The van der Waals surface area contributed by atoms with Gasteiger partial charge in [0.05, 0.1) is 5.69 Å². The highest BCUT2D eigenvalue weighted by atomic mass is 16.4. The topological polar surface area (TPSA) is 19.6 Å². The van der Waals surface area contributed by atoms with Crippen molar-refractivity contribution < 1.29 is 4.42 Å². The predicted molar refractivity (Wildman–Crippen MR) is 288 cm³/mol. The van der Waals surface area contributed by atoms with Gasteiger partial charge < -0.3 is 9.32 Å². The van der Waals surface area contributed by atoms with Gasteiger partial charge in [0.25, 0.3) is 6.71 Å². The van der Waals surface area contributed by atoms with Gasteiger partial charge in [-0.25, -0.2) is 0 Å². The van der Waals surface area contributed by atoms with Crippen LogP contribution in [0.5, 0.6) is 0 Å². The lowest BCUT2D eigenvalue weighted by atomic mass is 9.32. The zero-order valence-corrected chi connectivity index (χ0v) is 43.6. The van der Waals surface area contributed by atoms with Gasteiger partial charge in [0, 0.05) is 33.7 Å². The van der Waals surface area contributed by atoms with Gasteiger partial charge >= 0.3 is 0 Å². The number of nitrogens with zero attached hydrogens (tertiary/aromatic N) is 2. The van der Waals surface area contributed by atoms with Gasteiger partial charge in [-0.15, -0.1) is 0 Å². The fraction of sp³-hybridized carbons (Fsp3) is 0.460. The molecule has 3 heterocycles. The van der Waals surface area contributed by atoms with Crippen LogP contribution in [0.2, 0.25) is 0 Å². The van der Waals surface area contributed by atoms with Crippen molar-refractivity contribution >= 4 is 57.4 Å². The molecule has 0 saturated heterocycles. The molecular formula is C63H75BN2O. The summed E-state index contributed by atoms with van der Waals surface area (Å²) in [6, 6.07) is 34.2. The monoisotopic (exact) mass is 887 g/mol. The average molecular weight is 887 g/mol. The number of rotatable bonds is 5. The van der Waals surface area contributed by atoms with Crippen LogP contribution < -0.4 is 26.2 Å². The van der Waals surface area contributed by atoms with E-state index in [9.17, 15) is 0 Å². The van der Waals surface area contributed by atoms with E-state index >= 15 is 0 Å². The second-order valence-electron chi connectivity index (χ2n) is 25.5. The predicted octanol–water partition coefficient (Wildman–Crippen LogP) is 15.5. The Balaban J connectivity index is 1.30. The summed E-state index contributed by atoms with van der Waals surface area (Å²) in [7, 11) is 0. The molecule has 0 unspecified atom stereocenters. The Morgan fingerprint density at radius 2 is 1.03 bits per heavy atom. The highest BCUT2D eigenvalue weighted by molar-refractivity contribution is 7.00. The molecule has 0 atom stereocenters. The van der Waals surface area contributed by atoms with Crippen LogP contribution in [0.3, 0.4) is 0 Å². The quantitative estimate of drug-likeness (QED) is 0.161. The third kappa shape index (κ3) is 6.49. The molecule has 67 heavy (non-hydrogen) atoms. The molecule has 3 aliphatic carbocycles. The molecule has 4 heteroatoms. The molecule has 5 aliphatic rings. The van der Waals surface area contributed by atoms with Gasteiger partial charge in [0.2, 0.25) is 0 Å². The van der Waals surface area contributed by atoms with Crippen molar-refractivity contribution in [3.05, 3.63) is 135 Å². The first-order valence-electron chi connectivity index (χ1n) is 26.0. The van der Waals surface area contributed by atoms with E-state index in [4.69, 9.17) is 4.42 Å². The van der Waals surface area contributed by atoms with E-state index in [-0.39, 0.29) is 39.2 Å². The fourth-order valence-corrected chi connectivity index (χ4v) is 13.6. The van der Waals surface area contributed by atoms with Crippen molar-refractivity contribution in [2.24, 2.45) is 0 Å². The normalized spacial score (nSPS) is 20.6. The largest absolute Gasteiger partial charge is 0.444 e. The number of benzene rings is 5. The average Bonchev–Trinajstić information content (AvgIpc) is 3.71. The van der Waals surface area contributed by atoms with Gasteiger partial charge in [0.1, 0.15) is 5.76 Å². The number of fused-ring (bicyclic) bond motifs is 8. The number of aryl methyl sites for hydroxylation is 3. The van der Waals surface area contributed by atoms with Crippen LogP contribution >= 0.6 is 0 Å². The Labute approximate surface area is 403 Å². The van der Waals surface area contributed by atoms with E-state index in [2.05, 4.69) is 199 Å². The summed E-state index contributed by atoms with van der Waals surface area (Å²) in [6.07, 6.45) is 8.92. The molecule has 11 rings (SSSR count). The maximum absolute atomic E-state index is 7.81. The third-order valence-corrected chi connectivity index (χ3v) is 18.2. The number of hydrogen-bond acceptors (Lipinski definition) is 3. The molecule has 3 nitrogen and oxygen atoms in total. The lowest BCUT2D eigenvalue weighted by Gasteiger charge is -2.46. The minimum Gasteiger partial charge on any atom is -0.444 e.